The second kappa shape index (κ2) is 12.5. The van der Waals surface area contributed by atoms with E-state index in [4.69, 9.17) is 21.1 Å². The number of aromatic nitrogens is 2. The predicted molar refractivity (Wildman–Crippen MR) is 151 cm³/mol. The second-order valence-corrected chi connectivity index (χ2v) is 10.5. The minimum atomic E-state index is -0.716. The van der Waals surface area contributed by atoms with E-state index in [0.29, 0.717) is 35.0 Å². The Hall–Kier alpha value is -3.59. The highest BCUT2D eigenvalue weighted by atomic mass is 35.5. The summed E-state index contributed by atoms with van der Waals surface area (Å²) < 4.78 is 12.7. The molecule has 1 amide bonds. The van der Waals surface area contributed by atoms with Crippen molar-refractivity contribution in [3.63, 3.8) is 0 Å². The molecule has 0 bridgehead atoms. The number of rotatable bonds is 10. The minimum Gasteiger partial charge on any atom is -0.495 e. The summed E-state index contributed by atoms with van der Waals surface area (Å²) in [5.41, 5.74) is -0.658. The number of ketones is 1. The van der Waals surface area contributed by atoms with Crippen molar-refractivity contribution in [2.24, 2.45) is 11.8 Å². The number of carbonyl (C=O) groups is 2. The van der Waals surface area contributed by atoms with E-state index in [1.165, 1.54) is 44.1 Å². The van der Waals surface area contributed by atoms with Gasteiger partial charge in [-0.25, -0.2) is 4.79 Å². The molecular weight excluding hydrogens is 522 g/mol. The van der Waals surface area contributed by atoms with Gasteiger partial charge in [0, 0.05) is 12.5 Å². The number of methoxy groups -OCH3 is 2. The van der Waals surface area contributed by atoms with Gasteiger partial charge in [0.2, 0.25) is 5.91 Å². The molecule has 1 N–H and O–H groups in total. The van der Waals surface area contributed by atoms with Gasteiger partial charge in [0.1, 0.15) is 18.0 Å². The van der Waals surface area contributed by atoms with Crippen molar-refractivity contribution in [2.75, 3.05) is 19.5 Å². The summed E-state index contributed by atoms with van der Waals surface area (Å²) in [6, 6.07) is 9.59. The lowest BCUT2D eigenvalue weighted by Gasteiger charge is -2.27. The zero-order valence-electron chi connectivity index (χ0n) is 22.5. The van der Waals surface area contributed by atoms with E-state index in [1.54, 1.807) is 30.3 Å². The normalized spacial score (nSPS) is 14.7. The zero-order chi connectivity index (χ0) is 28.1. The Balaban J connectivity index is 1.61. The van der Waals surface area contributed by atoms with Gasteiger partial charge < -0.3 is 14.8 Å². The number of nitrogens with one attached hydrogen (secondary N) is 1. The quantitative estimate of drug-likeness (QED) is 0.390. The van der Waals surface area contributed by atoms with E-state index in [-0.39, 0.29) is 35.2 Å². The van der Waals surface area contributed by atoms with Crippen molar-refractivity contribution in [1.29, 1.82) is 0 Å². The maximum atomic E-state index is 13.5. The summed E-state index contributed by atoms with van der Waals surface area (Å²) in [5.74, 6) is 0.668. The molecule has 0 unspecified atom stereocenters. The van der Waals surface area contributed by atoms with Crippen LogP contribution in [-0.4, -0.2) is 35.0 Å². The summed E-state index contributed by atoms with van der Waals surface area (Å²) in [5, 5.41) is 3.24. The van der Waals surface area contributed by atoms with Gasteiger partial charge in [-0.3, -0.25) is 23.5 Å². The Morgan fingerprint density at radius 3 is 2.38 bits per heavy atom. The summed E-state index contributed by atoms with van der Waals surface area (Å²) in [7, 11) is 2.91. The fourth-order valence-corrected chi connectivity index (χ4v) is 5.66. The largest absolute Gasteiger partial charge is 0.495 e. The molecule has 2 aromatic carbocycles. The summed E-state index contributed by atoms with van der Waals surface area (Å²) in [4.78, 5) is 52.9. The first-order valence-electron chi connectivity index (χ1n) is 13.2. The molecule has 3 aromatic rings. The van der Waals surface area contributed by atoms with Crippen LogP contribution in [0.2, 0.25) is 5.02 Å². The molecule has 4 rings (SSSR count). The fraction of sp³-hybridized carbons (Fsp3) is 0.448. The average molecular weight is 556 g/mol. The molecule has 10 heteroatoms. The Morgan fingerprint density at radius 1 is 1.00 bits per heavy atom. The molecule has 1 heterocycles. The van der Waals surface area contributed by atoms with Crippen LogP contribution in [-0.2, 0) is 22.7 Å². The fourth-order valence-electron chi connectivity index (χ4n) is 5.42. The molecular formula is C29H34ClN3O6. The van der Waals surface area contributed by atoms with Crippen LogP contribution >= 0.6 is 11.6 Å². The van der Waals surface area contributed by atoms with Gasteiger partial charge in [0.15, 0.2) is 5.78 Å². The van der Waals surface area contributed by atoms with E-state index < -0.39 is 17.2 Å². The van der Waals surface area contributed by atoms with Crippen molar-refractivity contribution in [3.8, 4) is 11.5 Å². The number of benzene rings is 2. The molecule has 9 nitrogen and oxygen atoms in total. The zero-order valence-corrected chi connectivity index (χ0v) is 23.3. The highest BCUT2D eigenvalue weighted by molar-refractivity contribution is 6.32. The van der Waals surface area contributed by atoms with Crippen molar-refractivity contribution in [2.45, 2.75) is 58.5 Å². The van der Waals surface area contributed by atoms with Crippen LogP contribution in [0.15, 0.2) is 46.0 Å². The number of ether oxygens (including phenoxy) is 2. The first kappa shape index (κ1) is 28.4. The summed E-state index contributed by atoms with van der Waals surface area (Å²) in [6.07, 6.45) is 6.10. The van der Waals surface area contributed by atoms with Crippen molar-refractivity contribution in [1.82, 2.24) is 9.13 Å². The molecule has 1 aliphatic carbocycles. The van der Waals surface area contributed by atoms with Gasteiger partial charge >= 0.3 is 5.69 Å². The molecule has 0 spiro atoms. The Kier molecular flexibility index (Phi) is 9.12. The van der Waals surface area contributed by atoms with Crippen molar-refractivity contribution >= 4 is 39.9 Å². The monoisotopic (exact) mass is 555 g/mol. The third-order valence-electron chi connectivity index (χ3n) is 7.52. The number of hydrogen-bond acceptors (Lipinski definition) is 6. The maximum Gasteiger partial charge on any atom is 0.332 e. The second-order valence-electron chi connectivity index (χ2n) is 10.1. The van der Waals surface area contributed by atoms with Crippen LogP contribution in [0.4, 0.5) is 5.69 Å². The Labute approximate surface area is 231 Å². The molecule has 1 aromatic heterocycles. The molecule has 39 heavy (non-hydrogen) atoms. The first-order valence-corrected chi connectivity index (χ1v) is 13.6. The number of hydrogen-bond donors (Lipinski definition) is 1. The number of nitrogens with zero attached hydrogens (tertiary/aromatic N) is 2. The number of carbonyl (C=O) groups excluding carboxylic acids is 2. The van der Waals surface area contributed by atoms with E-state index in [1.807, 2.05) is 0 Å². The van der Waals surface area contributed by atoms with Gasteiger partial charge in [0.05, 0.1) is 42.4 Å². The van der Waals surface area contributed by atoms with E-state index >= 15 is 0 Å². The lowest BCUT2D eigenvalue weighted by molar-refractivity contribution is -0.121. The van der Waals surface area contributed by atoms with Gasteiger partial charge in [0.25, 0.3) is 5.56 Å². The first-order chi connectivity index (χ1) is 18.7. The molecule has 1 atom stereocenters. The Morgan fingerprint density at radius 2 is 1.69 bits per heavy atom. The smallest absolute Gasteiger partial charge is 0.332 e. The number of Topliss-reactive ketones (excluding diaryl/α,β-unsaturated/α-hetero) is 1. The van der Waals surface area contributed by atoms with E-state index in [2.05, 4.69) is 12.2 Å². The summed E-state index contributed by atoms with van der Waals surface area (Å²) >= 11 is 6.22. The number of halogens is 1. The van der Waals surface area contributed by atoms with E-state index in [0.717, 1.165) is 17.4 Å². The number of anilines is 1. The predicted octanol–water partition coefficient (Wildman–Crippen LogP) is 4.65. The van der Waals surface area contributed by atoms with E-state index in [9.17, 15) is 19.2 Å². The highest BCUT2D eigenvalue weighted by Gasteiger charge is 2.24. The van der Waals surface area contributed by atoms with Crippen LogP contribution < -0.4 is 26.0 Å². The molecule has 1 saturated carbocycles. The lowest BCUT2D eigenvalue weighted by Crippen LogP contribution is -2.43. The van der Waals surface area contributed by atoms with Crippen LogP contribution in [0.5, 0.6) is 11.5 Å². The lowest BCUT2D eigenvalue weighted by atomic mass is 9.79. The minimum absolute atomic E-state index is 0.170. The number of fused-ring (bicyclic) bond motifs is 1. The number of para-hydroxylation sites is 1. The standard InChI is InChI=1S/C29H34ClN3O6/c1-18(19-9-5-4-6-10-19)13-20(34)16-33-28(36)21-11-7-8-12-24(21)32(29(33)37)17-27(35)31-23-14-22(30)25(38-2)15-26(23)39-3/h7-8,11-12,14-15,18-19H,4-6,9-10,13,16-17H2,1-3H3,(H,31,35)/t18-/m0/s1. The third kappa shape index (κ3) is 6.36. The van der Waals surface area contributed by atoms with Crippen molar-refractivity contribution in [3.05, 3.63) is 62.3 Å². The van der Waals surface area contributed by atoms with Crippen molar-refractivity contribution < 1.29 is 19.1 Å². The highest BCUT2D eigenvalue weighted by Crippen LogP contribution is 2.36. The summed E-state index contributed by atoms with van der Waals surface area (Å²) in [6.45, 7) is 1.35. The average Bonchev–Trinajstić information content (AvgIpc) is 2.94. The van der Waals surface area contributed by atoms with Crippen LogP contribution in [0.1, 0.15) is 45.4 Å². The molecule has 0 aliphatic heterocycles. The maximum absolute atomic E-state index is 13.5. The van der Waals surface area contributed by atoms with Gasteiger partial charge in [-0.05, 0) is 30.0 Å². The molecule has 1 fully saturated rings. The number of amides is 1. The topological polar surface area (TPSA) is 109 Å². The van der Waals surface area contributed by atoms with Gasteiger partial charge in [-0.15, -0.1) is 0 Å². The van der Waals surface area contributed by atoms with Crippen LogP contribution in [0.25, 0.3) is 10.9 Å². The SMILES string of the molecule is COc1cc(OC)c(NC(=O)Cn2c(=O)n(CC(=O)C[C@H](C)C3CCCCC3)c(=O)c3ccccc32)cc1Cl. The molecule has 1 aliphatic rings. The molecule has 0 saturated heterocycles. The third-order valence-corrected chi connectivity index (χ3v) is 7.82. The Bertz CT molecular complexity index is 1490. The molecule has 208 valence electrons. The van der Waals surface area contributed by atoms with Crippen LogP contribution in [0, 0.1) is 11.8 Å². The molecule has 0 radical (unpaired) electrons. The van der Waals surface area contributed by atoms with Crippen LogP contribution in [0.3, 0.4) is 0 Å². The van der Waals surface area contributed by atoms with Gasteiger partial charge in [-0.2, -0.15) is 0 Å². The van der Waals surface area contributed by atoms with Gasteiger partial charge in [-0.1, -0.05) is 62.8 Å².